The summed E-state index contributed by atoms with van der Waals surface area (Å²) in [7, 11) is 0. The number of rotatable bonds is 5. The van der Waals surface area contributed by atoms with E-state index in [4.69, 9.17) is 14.0 Å². The molecule has 0 atom stereocenters. The van der Waals surface area contributed by atoms with Crippen LogP contribution in [0, 0.1) is 13.8 Å². The van der Waals surface area contributed by atoms with Crippen LogP contribution in [0.4, 0.5) is 0 Å². The van der Waals surface area contributed by atoms with E-state index in [-0.39, 0.29) is 6.61 Å². The van der Waals surface area contributed by atoms with Gasteiger partial charge in [-0.2, -0.15) is 4.98 Å². The van der Waals surface area contributed by atoms with Crippen molar-refractivity contribution in [2.24, 2.45) is 0 Å². The van der Waals surface area contributed by atoms with Crippen LogP contribution in [-0.2, 0) is 6.61 Å². The number of hydrogen-bond donors (Lipinski definition) is 0. The summed E-state index contributed by atoms with van der Waals surface area (Å²) in [5.74, 6) is 3.23. The maximum absolute atomic E-state index is 5.80. The van der Waals surface area contributed by atoms with Gasteiger partial charge in [0.2, 0.25) is 11.7 Å². The smallest absolute Gasteiger partial charge is 0.223 e. The minimum absolute atomic E-state index is 0.255. The Balaban J connectivity index is 1.65. The average Bonchev–Trinajstić information content (AvgIpc) is 2.94. The molecule has 112 valence electrons. The van der Waals surface area contributed by atoms with Crippen molar-refractivity contribution in [3.8, 4) is 17.2 Å². The number of benzene rings is 2. The molecule has 0 aliphatic heterocycles. The van der Waals surface area contributed by atoms with E-state index in [1.807, 2.05) is 55.5 Å². The molecule has 0 unspecified atom stereocenters. The predicted octanol–water partition coefficient (Wildman–Crippen LogP) is 4.06. The van der Waals surface area contributed by atoms with Crippen LogP contribution in [-0.4, -0.2) is 10.1 Å². The van der Waals surface area contributed by atoms with Crippen molar-refractivity contribution in [3.05, 3.63) is 65.8 Å². The van der Waals surface area contributed by atoms with E-state index in [0.29, 0.717) is 23.2 Å². The maximum atomic E-state index is 5.80. The summed E-state index contributed by atoms with van der Waals surface area (Å²) in [4.78, 5) is 4.09. The van der Waals surface area contributed by atoms with Gasteiger partial charge >= 0.3 is 0 Å². The van der Waals surface area contributed by atoms with Crippen molar-refractivity contribution in [2.75, 3.05) is 0 Å². The van der Waals surface area contributed by atoms with Gasteiger partial charge in [0, 0.05) is 13.0 Å². The lowest BCUT2D eigenvalue weighted by atomic mass is 10.2. The third-order valence-corrected chi connectivity index (χ3v) is 3.00. The first-order valence-electron chi connectivity index (χ1n) is 6.95. The summed E-state index contributed by atoms with van der Waals surface area (Å²) >= 11 is 0. The van der Waals surface area contributed by atoms with Crippen LogP contribution in [0.25, 0.3) is 0 Å². The van der Waals surface area contributed by atoms with Gasteiger partial charge in [0.25, 0.3) is 0 Å². The van der Waals surface area contributed by atoms with E-state index in [2.05, 4.69) is 10.1 Å². The average molecular weight is 296 g/mol. The Morgan fingerprint density at radius 2 is 1.73 bits per heavy atom. The molecule has 0 fully saturated rings. The first-order chi connectivity index (χ1) is 10.7. The van der Waals surface area contributed by atoms with Gasteiger partial charge in [0.15, 0.2) is 6.61 Å². The molecule has 22 heavy (non-hydrogen) atoms. The van der Waals surface area contributed by atoms with Gasteiger partial charge in [-0.3, -0.25) is 0 Å². The molecule has 3 rings (SSSR count). The van der Waals surface area contributed by atoms with Crippen molar-refractivity contribution in [1.82, 2.24) is 10.1 Å². The molecule has 0 spiro atoms. The second-order valence-corrected chi connectivity index (χ2v) is 4.91. The summed E-state index contributed by atoms with van der Waals surface area (Å²) in [5.41, 5.74) is 1.19. The highest BCUT2D eigenvalue weighted by atomic mass is 16.5. The number of ether oxygens (including phenoxy) is 2. The molecule has 0 aliphatic carbocycles. The van der Waals surface area contributed by atoms with Crippen LogP contribution in [0.1, 0.15) is 17.3 Å². The van der Waals surface area contributed by atoms with Gasteiger partial charge in [-0.15, -0.1) is 0 Å². The summed E-state index contributed by atoms with van der Waals surface area (Å²) in [6, 6.07) is 15.3. The van der Waals surface area contributed by atoms with Crippen LogP contribution in [0.2, 0.25) is 0 Å². The standard InChI is InChI=1S/C17H16N2O3/c1-12-6-8-14(9-7-12)21-16-5-3-4-15(10-16)20-11-17-18-13(2)22-19-17/h3-10H,11H2,1-2H3. The van der Waals surface area contributed by atoms with E-state index < -0.39 is 0 Å². The van der Waals surface area contributed by atoms with Gasteiger partial charge in [-0.1, -0.05) is 28.9 Å². The molecule has 2 aromatic carbocycles. The molecule has 5 heteroatoms. The zero-order valence-electron chi connectivity index (χ0n) is 12.4. The van der Waals surface area contributed by atoms with Gasteiger partial charge in [-0.25, -0.2) is 0 Å². The first-order valence-corrected chi connectivity index (χ1v) is 6.95. The van der Waals surface area contributed by atoms with Gasteiger partial charge in [-0.05, 0) is 31.2 Å². The predicted molar refractivity (Wildman–Crippen MR) is 81.1 cm³/mol. The van der Waals surface area contributed by atoms with Crippen LogP contribution >= 0.6 is 0 Å². The number of aryl methyl sites for hydroxylation is 2. The van der Waals surface area contributed by atoms with E-state index in [1.165, 1.54) is 5.56 Å². The third kappa shape index (κ3) is 3.63. The van der Waals surface area contributed by atoms with Crippen LogP contribution in [0.5, 0.6) is 17.2 Å². The molecule has 0 saturated heterocycles. The van der Waals surface area contributed by atoms with Gasteiger partial charge in [0.1, 0.15) is 17.2 Å². The fourth-order valence-electron chi connectivity index (χ4n) is 1.92. The Kier molecular flexibility index (Phi) is 4.05. The van der Waals surface area contributed by atoms with E-state index >= 15 is 0 Å². The Morgan fingerprint density at radius 1 is 0.955 bits per heavy atom. The number of aromatic nitrogens is 2. The molecule has 0 saturated carbocycles. The second kappa shape index (κ2) is 6.30. The minimum atomic E-state index is 0.255. The quantitative estimate of drug-likeness (QED) is 0.710. The Hall–Kier alpha value is -2.82. The monoisotopic (exact) mass is 296 g/mol. The molecule has 0 amide bonds. The van der Waals surface area contributed by atoms with E-state index in [1.54, 1.807) is 6.92 Å². The highest BCUT2D eigenvalue weighted by Crippen LogP contribution is 2.25. The molecular weight excluding hydrogens is 280 g/mol. The Labute approximate surface area is 128 Å². The zero-order valence-corrected chi connectivity index (χ0v) is 12.4. The summed E-state index contributed by atoms with van der Waals surface area (Å²) < 4.78 is 16.3. The normalized spacial score (nSPS) is 10.5. The maximum Gasteiger partial charge on any atom is 0.223 e. The molecule has 1 heterocycles. The van der Waals surface area contributed by atoms with Crippen molar-refractivity contribution >= 4 is 0 Å². The highest BCUT2D eigenvalue weighted by molar-refractivity contribution is 5.37. The first kappa shape index (κ1) is 14.1. The van der Waals surface area contributed by atoms with Crippen molar-refractivity contribution < 1.29 is 14.0 Å². The third-order valence-electron chi connectivity index (χ3n) is 3.00. The van der Waals surface area contributed by atoms with Gasteiger partial charge in [0.05, 0.1) is 0 Å². The SMILES string of the molecule is Cc1ccc(Oc2cccc(OCc3noc(C)n3)c2)cc1. The molecule has 0 radical (unpaired) electrons. The molecule has 3 aromatic rings. The van der Waals surface area contributed by atoms with Crippen molar-refractivity contribution in [2.45, 2.75) is 20.5 Å². The number of hydrogen-bond acceptors (Lipinski definition) is 5. The molecular formula is C17H16N2O3. The molecule has 0 N–H and O–H groups in total. The lowest BCUT2D eigenvalue weighted by Gasteiger charge is -2.08. The topological polar surface area (TPSA) is 57.4 Å². The fraction of sp³-hybridized carbons (Fsp3) is 0.176. The number of nitrogens with zero attached hydrogens (tertiary/aromatic N) is 2. The lowest BCUT2D eigenvalue weighted by molar-refractivity contribution is 0.284. The Morgan fingerprint density at radius 3 is 2.45 bits per heavy atom. The lowest BCUT2D eigenvalue weighted by Crippen LogP contribution is -1.97. The van der Waals surface area contributed by atoms with Crippen molar-refractivity contribution in [3.63, 3.8) is 0 Å². The second-order valence-electron chi connectivity index (χ2n) is 4.91. The van der Waals surface area contributed by atoms with Gasteiger partial charge < -0.3 is 14.0 Å². The summed E-state index contributed by atoms with van der Waals surface area (Å²) in [5, 5.41) is 3.79. The molecule has 0 bridgehead atoms. The molecule has 1 aromatic heterocycles. The molecule has 5 nitrogen and oxygen atoms in total. The summed E-state index contributed by atoms with van der Waals surface area (Å²) in [6.07, 6.45) is 0. The van der Waals surface area contributed by atoms with E-state index in [9.17, 15) is 0 Å². The fourth-order valence-corrected chi connectivity index (χ4v) is 1.92. The largest absolute Gasteiger partial charge is 0.485 e. The van der Waals surface area contributed by atoms with Crippen molar-refractivity contribution in [1.29, 1.82) is 0 Å². The minimum Gasteiger partial charge on any atom is -0.485 e. The summed E-state index contributed by atoms with van der Waals surface area (Å²) in [6.45, 7) is 4.04. The highest BCUT2D eigenvalue weighted by Gasteiger charge is 2.04. The van der Waals surface area contributed by atoms with Crippen LogP contribution in [0.15, 0.2) is 53.1 Å². The zero-order chi connectivity index (χ0) is 15.4. The van der Waals surface area contributed by atoms with E-state index in [0.717, 1.165) is 5.75 Å². The van der Waals surface area contributed by atoms with Crippen LogP contribution in [0.3, 0.4) is 0 Å². The van der Waals surface area contributed by atoms with Crippen LogP contribution < -0.4 is 9.47 Å². The molecule has 0 aliphatic rings. The Bertz CT molecular complexity index is 751.